The third-order valence-corrected chi connectivity index (χ3v) is 4.34. The molecule has 0 aromatic heterocycles. The topological polar surface area (TPSA) is 101 Å². The molecule has 0 saturated carbocycles. The molecule has 8 heteroatoms. The molecular weight excluding hydrogens is 281 g/mol. The van der Waals surface area contributed by atoms with Crippen molar-refractivity contribution < 1.29 is 54.5 Å². The Kier molecular flexibility index (Phi) is 5.91. The zero-order valence-corrected chi connectivity index (χ0v) is 13.6. The van der Waals surface area contributed by atoms with E-state index in [0.717, 1.165) is 0 Å². The summed E-state index contributed by atoms with van der Waals surface area (Å²) >= 11 is 1.22. The van der Waals surface area contributed by atoms with Crippen LogP contribution in [0.4, 0.5) is 0 Å². The smallest absolute Gasteiger partial charge is 0.543 e. The number of carboxylic acid groups (broad SMARTS) is 1. The Morgan fingerprint density at radius 1 is 1.63 bits per heavy atom. The summed E-state index contributed by atoms with van der Waals surface area (Å²) in [7, 11) is 0. The van der Waals surface area contributed by atoms with Crippen LogP contribution in [0.1, 0.15) is 13.3 Å². The predicted octanol–water partition coefficient (Wildman–Crippen LogP) is -4.71. The molecule has 0 aromatic carbocycles. The maximum atomic E-state index is 11.8. The molecule has 19 heavy (non-hydrogen) atoms. The van der Waals surface area contributed by atoms with Crippen LogP contribution in [0, 0.1) is 5.92 Å². The van der Waals surface area contributed by atoms with Crippen molar-refractivity contribution in [2.24, 2.45) is 5.92 Å². The first kappa shape index (κ1) is 17.0. The van der Waals surface area contributed by atoms with Gasteiger partial charge < -0.3 is 25.0 Å². The molecule has 0 aromatic rings. The van der Waals surface area contributed by atoms with Gasteiger partial charge in [0.2, 0.25) is 5.91 Å². The van der Waals surface area contributed by atoms with E-state index in [1.807, 2.05) is 0 Å². The summed E-state index contributed by atoms with van der Waals surface area (Å²) in [6.07, 6.45) is -0.376. The van der Waals surface area contributed by atoms with Gasteiger partial charge in [0, 0.05) is 17.1 Å². The maximum absolute atomic E-state index is 11.8. The number of nitrogens with zero attached hydrogens (tertiary/aromatic N) is 1. The number of aliphatic hydroxyl groups is 2. The Balaban J connectivity index is 0.00000180. The Hall–Kier alpha value is -0.0500. The fraction of sp³-hybridized carbons (Fsp3) is 0.636. The van der Waals surface area contributed by atoms with Gasteiger partial charge in [-0.05, 0) is 6.92 Å². The van der Waals surface area contributed by atoms with E-state index < -0.39 is 18.0 Å². The minimum Gasteiger partial charge on any atom is -0.543 e. The van der Waals surface area contributed by atoms with E-state index in [1.54, 1.807) is 0 Å². The SMILES string of the molecule is C[C@H](O)[C@H]1C(=O)N2C(C(=O)[O-])=C(SCCO)C[C@H]12.[Na+]. The summed E-state index contributed by atoms with van der Waals surface area (Å²) in [5, 5.41) is 29.4. The fourth-order valence-electron chi connectivity index (χ4n) is 2.52. The molecule has 1 amide bonds. The number of β-lactam (4-membered cyclic amide) rings is 1. The van der Waals surface area contributed by atoms with Crippen molar-refractivity contribution in [3.05, 3.63) is 10.6 Å². The van der Waals surface area contributed by atoms with Crippen LogP contribution in [0.2, 0.25) is 0 Å². The number of hydrogen-bond acceptors (Lipinski definition) is 6. The van der Waals surface area contributed by atoms with E-state index in [9.17, 15) is 19.8 Å². The van der Waals surface area contributed by atoms with Gasteiger partial charge in [0.25, 0.3) is 0 Å². The summed E-state index contributed by atoms with van der Waals surface area (Å²) in [5.41, 5.74) is -0.0969. The van der Waals surface area contributed by atoms with Gasteiger partial charge in [-0.25, -0.2) is 0 Å². The molecule has 100 valence electrons. The molecule has 2 aliphatic heterocycles. The zero-order chi connectivity index (χ0) is 13.4. The Bertz CT molecular complexity index is 425. The number of aliphatic carboxylic acids is 1. The molecule has 0 aliphatic carbocycles. The largest absolute Gasteiger partial charge is 1.00 e. The van der Waals surface area contributed by atoms with Gasteiger partial charge in [-0.2, -0.15) is 0 Å². The average Bonchev–Trinajstić information content (AvgIpc) is 2.60. The molecule has 1 saturated heterocycles. The van der Waals surface area contributed by atoms with Crippen molar-refractivity contribution >= 4 is 23.6 Å². The van der Waals surface area contributed by atoms with E-state index in [2.05, 4.69) is 0 Å². The van der Waals surface area contributed by atoms with Gasteiger partial charge in [-0.3, -0.25) is 4.79 Å². The molecule has 2 aliphatic rings. The van der Waals surface area contributed by atoms with Crippen LogP contribution in [0.5, 0.6) is 0 Å². The molecule has 2 heterocycles. The van der Waals surface area contributed by atoms with E-state index in [1.165, 1.54) is 23.6 Å². The number of carbonyl (C=O) groups is 2. The van der Waals surface area contributed by atoms with Crippen molar-refractivity contribution in [2.75, 3.05) is 12.4 Å². The second-order valence-corrected chi connectivity index (χ2v) is 5.57. The molecule has 0 unspecified atom stereocenters. The van der Waals surface area contributed by atoms with Gasteiger partial charge in [0.15, 0.2) is 0 Å². The number of aliphatic hydroxyl groups excluding tert-OH is 2. The van der Waals surface area contributed by atoms with Crippen LogP contribution in [0.25, 0.3) is 0 Å². The van der Waals surface area contributed by atoms with E-state index >= 15 is 0 Å². The van der Waals surface area contributed by atoms with Gasteiger partial charge in [-0.1, -0.05) is 0 Å². The number of carbonyl (C=O) groups excluding carboxylic acids is 2. The van der Waals surface area contributed by atoms with Crippen LogP contribution >= 0.6 is 11.8 Å². The van der Waals surface area contributed by atoms with Crippen LogP contribution in [0.15, 0.2) is 10.6 Å². The third kappa shape index (κ3) is 2.86. The van der Waals surface area contributed by atoms with Crippen LogP contribution in [0.3, 0.4) is 0 Å². The fourth-order valence-corrected chi connectivity index (χ4v) is 3.46. The average molecular weight is 295 g/mol. The Morgan fingerprint density at radius 3 is 2.74 bits per heavy atom. The monoisotopic (exact) mass is 295 g/mol. The summed E-state index contributed by atoms with van der Waals surface area (Å²) in [5.74, 6) is -1.91. The minimum atomic E-state index is -1.38. The molecule has 0 spiro atoms. The summed E-state index contributed by atoms with van der Waals surface area (Å²) in [4.78, 5) is 24.6. The molecule has 3 atom stereocenters. The molecule has 2 N–H and O–H groups in total. The van der Waals surface area contributed by atoms with Crippen molar-refractivity contribution in [1.29, 1.82) is 0 Å². The number of amides is 1. The van der Waals surface area contributed by atoms with Crippen molar-refractivity contribution in [3.8, 4) is 0 Å². The second-order valence-electron chi connectivity index (χ2n) is 4.38. The Morgan fingerprint density at radius 2 is 2.26 bits per heavy atom. The van der Waals surface area contributed by atoms with Crippen LogP contribution in [-0.4, -0.2) is 51.5 Å². The number of carboxylic acids is 1. The molecule has 0 radical (unpaired) electrons. The predicted molar refractivity (Wildman–Crippen MR) is 62.0 cm³/mol. The zero-order valence-electron chi connectivity index (χ0n) is 10.8. The molecular formula is C11H14NNaO5S. The van der Waals surface area contributed by atoms with Gasteiger partial charge in [0.05, 0.1) is 36.3 Å². The number of rotatable bonds is 5. The number of hydrogen-bond donors (Lipinski definition) is 2. The summed E-state index contributed by atoms with van der Waals surface area (Å²) in [6, 6.07) is -0.286. The van der Waals surface area contributed by atoms with Gasteiger partial charge in [-0.15, -0.1) is 11.8 Å². The van der Waals surface area contributed by atoms with Crippen LogP contribution < -0.4 is 34.7 Å². The molecule has 0 bridgehead atoms. The number of thioether (sulfide) groups is 1. The summed E-state index contributed by atoms with van der Waals surface area (Å²) in [6.45, 7) is 1.46. The first-order valence-electron chi connectivity index (χ1n) is 5.68. The van der Waals surface area contributed by atoms with Crippen molar-refractivity contribution in [1.82, 2.24) is 4.90 Å². The van der Waals surface area contributed by atoms with E-state index in [4.69, 9.17) is 5.11 Å². The van der Waals surface area contributed by atoms with Crippen LogP contribution in [-0.2, 0) is 9.59 Å². The second kappa shape index (κ2) is 6.60. The minimum absolute atomic E-state index is 0. The molecule has 2 rings (SSSR count). The first-order valence-corrected chi connectivity index (χ1v) is 6.67. The van der Waals surface area contributed by atoms with Crippen molar-refractivity contribution in [3.63, 3.8) is 0 Å². The van der Waals surface area contributed by atoms with E-state index in [0.29, 0.717) is 17.1 Å². The maximum Gasteiger partial charge on any atom is 1.00 e. The summed E-state index contributed by atoms with van der Waals surface area (Å²) < 4.78 is 0. The van der Waals surface area contributed by atoms with Gasteiger partial charge >= 0.3 is 29.6 Å². The standard InChI is InChI=1S/C11H15NO5S.Na/c1-5(14)8-6-4-7(18-3-2-13)9(11(16)17)12(6)10(8)15;/h5-6,8,13-14H,2-4H2,1H3,(H,16,17);/q;+1/p-1/t5-,6+,8+;/m0./s1. The molecule has 1 fully saturated rings. The van der Waals surface area contributed by atoms with Gasteiger partial charge in [0.1, 0.15) is 0 Å². The third-order valence-electron chi connectivity index (χ3n) is 3.25. The first-order chi connectivity index (χ1) is 8.49. The Labute approximate surface area is 137 Å². The van der Waals surface area contributed by atoms with E-state index in [-0.39, 0.29) is 53.8 Å². The number of fused-ring (bicyclic) bond motifs is 1. The molecule has 6 nitrogen and oxygen atoms in total. The van der Waals surface area contributed by atoms with Crippen molar-refractivity contribution in [2.45, 2.75) is 25.5 Å². The normalized spacial score (nSPS) is 26.7. The quantitative estimate of drug-likeness (QED) is 0.390.